The van der Waals surface area contributed by atoms with Crippen LogP contribution in [0.15, 0.2) is 106 Å². The summed E-state index contributed by atoms with van der Waals surface area (Å²) in [5, 5.41) is 16.4. The molecule has 0 radical (unpaired) electrons. The number of aromatic nitrogens is 1. The number of rotatable bonds is 8. The maximum atomic E-state index is 12.4. The van der Waals surface area contributed by atoms with Gasteiger partial charge in [0.1, 0.15) is 5.52 Å². The first kappa shape index (κ1) is 24.7. The first-order chi connectivity index (χ1) is 18.4. The standard InChI is InChI=1S/C28H20N4O5S/c33-26(29-20-9-5-19(6-10-20)28-31-24-3-1-2-4-25(24)37-28)17-38-23-15-11-21(12-16-23)30-27(34)18-7-13-22(14-8-18)32(35)36/h1-16H,17H2,(H,29,33)(H,30,34). The zero-order chi connectivity index (χ0) is 26.5. The fourth-order valence-electron chi connectivity index (χ4n) is 3.61. The lowest BCUT2D eigenvalue weighted by atomic mass is 10.2. The van der Waals surface area contributed by atoms with Crippen molar-refractivity contribution in [2.75, 3.05) is 16.4 Å². The van der Waals surface area contributed by atoms with E-state index in [4.69, 9.17) is 4.42 Å². The third kappa shape index (κ3) is 5.88. The van der Waals surface area contributed by atoms with Gasteiger partial charge in [-0.25, -0.2) is 4.98 Å². The highest BCUT2D eigenvalue weighted by molar-refractivity contribution is 8.00. The molecule has 2 N–H and O–H groups in total. The van der Waals surface area contributed by atoms with Gasteiger partial charge >= 0.3 is 0 Å². The van der Waals surface area contributed by atoms with E-state index in [1.54, 1.807) is 36.4 Å². The van der Waals surface area contributed by atoms with E-state index in [1.807, 2.05) is 36.4 Å². The number of non-ortho nitro benzene ring substituents is 1. The van der Waals surface area contributed by atoms with Gasteiger partial charge in [0.15, 0.2) is 5.58 Å². The number of carbonyl (C=O) groups is 2. The van der Waals surface area contributed by atoms with Crippen LogP contribution in [0.4, 0.5) is 17.1 Å². The van der Waals surface area contributed by atoms with Crippen LogP contribution in [0.2, 0.25) is 0 Å². The zero-order valence-corrected chi connectivity index (χ0v) is 20.6. The fraction of sp³-hybridized carbons (Fsp3) is 0.0357. The Morgan fingerprint density at radius 1 is 0.842 bits per heavy atom. The number of para-hydroxylation sites is 2. The molecule has 4 aromatic carbocycles. The third-order valence-corrected chi connectivity index (χ3v) is 6.54. The van der Waals surface area contributed by atoms with E-state index in [0.29, 0.717) is 22.8 Å². The Morgan fingerprint density at radius 2 is 1.50 bits per heavy atom. The van der Waals surface area contributed by atoms with Crippen molar-refractivity contribution < 1.29 is 18.9 Å². The maximum Gasteiger partial charge on any atom is 0.269 e. The summed E-state index contributed by atoms with van der Waals surface area (Å²) >= 11 is 1.36. The maximum absolute atomic E-state index is 12.4. The molecule has 0 aliphatic carbocycles. The van der Waals surface area contributed by atoms with E-state index in [-0.39, 0.29) is 23.3 Å². The number of oxazole rings is 1. The Hall–Kier alpha value is -4.96. The van der Waals surface area contributed by atoms with Gasteiger partial charge in [-0.2, -0.15) is 0 Å². The molecule has 0 aliphatic heterocycles. The van der Waals surface area contributed by atoms with Gasteiger partial charge in [-0.1, -0.05) is 12.1 Å². The number of nitrogens with one attached hydrogen (secondary N) is 2. The second-order valence-electron chi connectivity index (χ2n) is 8.18. The van der Waals surface area contributed by atoms with Crippen molar-refractivity contribution in [3.05, 3.63) is 113 Å². The third-order valence-electron chi connectivity index (χ3n) is 5.53. The van der Waals surface area contributed by atoms with E-state index in [2.05, 4.69) is 15.6 Å². The van der Waals surface area contributed by atoms with Crippen LogP contribution in [-0.2, 0) is 4.79 Å². The summed E-state index contributed by atoms with van der Waals surface area (Å²) in [6.07, 6.45) is 0. The summed E-state index contributed by atoms with van der Waals surface area (Å²) in [6, 6.07) is 27.3. The Labute approximate surface area is 221 Å². The number of benzene rings is 4. The van der Waals surface area contributed by atoms with Crippen LogP contribution in [0.3, 0.4) is 0 Å². The predicted octanol–water partition coefficient (Wildman–Crippen LogP) is 6.39. The highest BCUT2D eigenvalue weighted by atomic mass is 32.2. The SMILES string of the molecule is O=C(CSc1ccc(NC(=O)c2ccc([N+](=O)[O-])cc2)cc1)Nc1ccc(-c2nc3ccccc3o2)cc1. The molecule has 9 nitrogen and oxygen atoms in total. The molecule has 10 heteroatoms. The Kier molecular flexibility index (Phi) is 7.14. The summed E-state index contributed by atoms with van der Waals surface area (Å²) in [4.78, 5) is 40.4. The number of thioether (sulfide) groups is 1. The Balaban J connectivity index is 1.11. The van der Waals surface area contributed by atoms with E-state index in [1.165, 1.54) is 36.0 Å². The lowest BCUT2D eigenvalue weighted by Crippen LogP contribution is -2.14. The molecule has 1 heterocycles. The summed E-state index contributed by atoms with van der Waals surface area (Å²) in [5.74, 6) is 0.204. The molecule has 0 aliphatic rings. The van der Waals surface area contributed by atoms with Gasteiger partial charge in [0.2, 0.25) is 11.8 Å². The molecular formula is C28H20N4O5S. The van der Waals surface area contributed by atoms with Crippen LogP contribution in [0.5, 0.6) is 0 Å². The molecule has 0 saturated carbocycles. The molecule has 0 saturated heterocycles. The van der Waals surface area contributed by atoms with Crippen molar-refractivity contribution >= 4 is 51.7 Å². The first-order valence-corrected chi connectivity index (χ1v) is 12.5. The molecule has 0 unspecified atom stereocenters. The largest absolute Gasteiger partial charge is 0.436 e. The first-order valence-electron chi connectivity index (χ1n) is 11.5. The van der Waals surface area contributed by atoms with E-state index in [0.717, 1.165) is 21.6 Å². The average Bonchev–Trinajstić information content (AvgIpc) is 3.37. The molecular weight excluding hydrogens is 504 g/mol. The van der Waals surface area contributed by atoms with Crippen molar-refractivity contribution in [2.45, 2.75) is 4.90 Å². The molecule has 188 valence electrons. The van der Waals surface area contributed by atoms with Crippen molar-refractivity contribution in [1.29, 1.82) is 0 Å². The topological polar surface area (TPSA) is 127 Å². The Bertz CT molecular complexity index is 1580. The minimum Gasteiger partial charge on any atom is -0.436 e. The number of fused-ring (bicyclic) bond motifs is 1. The number of hydrogen-bond acceptors (Lipinski definition) is 7. The van der Waals surface area contributed by atoms with Gasteiger partial charge in [0, 0.05) is 39.5 Å². The van der Waals surface area contributed by atoms with Crippen molar-refractivity contribution in [2.24, 2.45) is 0 Å². The van der Waals surface area contributed by atoms with E-state index in [9.17, 15) is 19.7 Å². The lowest BCUT2D eigenvalue weighted by molar-refractivity contribution is -0.384. The van der Waals surface area contributed by atoms with Crippen LogP contribution < -0.4 is 10.6 Å². The summed E-state index contributed by atoms with van der Waals surface area (Å²) in [5.41, 5.74) is 3.79. The molecule has 2 amide bonds. The molecule has 38 heavy (non-hydrogen) atoms. The second-order valence-corrected chi connectivity index (χ2v) is 9.23. The summed E-state index contributed by atoms with van der Waals surface area (Å²) in [6.45, 7) is 0. The van der Waals surface area contributed by atoms with Gasteiger partial charge < -0.3 is 15.1 Å². The van der Waals surface area contributed by atoms with Gasteiger partial charge in [0.25, 0.3) is 11.6 Å². The van der Waals surface area contributed by atoms with Crippen LogP contribution in [0.25, 0.3) is 22.6 Å². The monoisotopic (exact) mass is 524 g/mol. The number of nitrogens with zero attached hydrogens (tertiary/aromatic N) is 2. The van der Waals surface area contributed by atoms with Gasteiger partial charge in [0.05, 0.1) is 10.7 Å². The van der Waals surface area contributed by atoms with Gasteiger partial charge in [-0.05, 0) is 72.8 Å². The number of nitro groups is 1. The molecule has 5 rings (SSSR count). The summed E-state index contributed by atoms with van der Waals surface area (Å²) < 4.78 is 5.78. The highest BCUT2D eigenvalue weighted by Gasteiger charge is 2.11. The molecule has 0 spiro atoms. The van der Waals surface area contributed by atoms with Crippen LogP contribution in [0, 0.1) is 10.1 Å². The van der Waals surface area contributed by atoms with E-state index >= 15 is 0 Å². The summed E-state index contributed by atoms with van der Waals surface area (Å²) in [7, 11) is 0. The van der Waals surface area contributed by atoms with Crippen LogP contribution in [-0.4, -0.2) is 27.5 Å². The molecule has 0 atom stereocenters. The minimum atomic E-state index is -0.518. The quantitative estimate of drug-likeness (QED) is 0.137. The van der Waals surface area contributed by atoms with Crippen molar-refractivity contribution in [1.82, 2.24) is 4.98 Å². The van der Waals surface area contributed by atoms with Gasteiger partial charge in [-0.15, -0.1) is 11.8 Å². The Morgan fingerprint density at radius 3 is 2.18 bits per heavy atom. The second kappa shape index (κ2) is 11.0. The fourth-order valence-corrected chi connectivity index (χ4v) is 4.31. The molecule has 0 fully saturated rings. The minimum absolute atomic E-state index is 0.0797. The highest BCUT2D eigenvalue weighted by Crippen LogP contribution is 2.26. The van der Waals surface area contributed by atoms with Gasteiger partial charge in [-0.3, -0.25) is 19.7 Å². The number of nitro benzene ring substituents is 1. The molecule has 5 aromatic rings. The predicted molar refractivity (Wildman–Crippen MR) is 146 cm³/mol. The molecule has 1 aromatic heterocycles. The number of hydrogen-bond donors (Lipinski definition) is 2. The van der Waals surface area contributed by atoms with E-state index < -0.39 is 4.92 Å². The van der Waals surface area contributed by atoms with Crippen molar-refractivity contribution in [3.8, 4) is 11.5 Å². The number of anilines is 2. The normalized spacial score (nSPS) is 10.7. The zero-order valence-electron chi connectivity index (χ0n) is 19.8. The molecule has 0 bridgehead atoms. The smallest absolute Gasteiger partial charge is 0.269 e. The lowest BCUT2D eigenvalue weighted by Gasteiger charge is -2.08. The average molecular weight is 525 g/mol. The number of carbonyl (C=O) groups excluding carboxylic acids is 2. The van der Waals surface area contributed by atoms with Crippen molar-refractivity contribution in [3.63, 3.8) is 0 Å². The van der Waals surface area contributed by atoms with Crippen LogP contribution in [0.1, 0.15) is 10.4 Å². The van der Waals surface area contributed by atoms with Crippen LogP contribution >= 0.6 is 11.8 Å². The number of amides is 2.